The monoisotopic (exact) mass is 404 g/mol. The molecule has 0 unspecified atom stereocenters. The van der Waals surface area contributed by atoms with E-state index in [1.807, 2.05) is 0 Å². The Labute approximate surface area is 146 Å². The molecule has 0 heterocycles. The highest BCUT2D eigenvalue weighted by molar-refractivity contribution is 6.39. The Hall–Kier alpha value is -1.57. The van der Waals surface area contributed by atoms with Crippen molar-refractivity contribution in [1.82, 2.24) is 0 Å². The van der Waals surface area contributed by atoms with Gasteiger partial charge in [0, 0.05) is 10.6 Å². The molecule has 0 saturated carbocycles. The zero-order chi connectivity index (χ0) is 18.2. The molecule has 128 valence electrons. The third-order valence-electron chi connectivity index (χ3n) is 2.87. The number of carbonyl (C=O) groups is 1. The molecule has 0 amide bonds. The molecule has 0 bridgehead atoms. The molecular formula is C14H4Cl3F5O2. The van der Waals surface area contributed by atoms with Crippen LogP contribution < -0.4 is 0 Å². The number of carbonyl (C=O) groups excluding carboxylic acids is 1. The molecule has 2 aromatic rings. The second-order valence-corrected chi connectivity index (χ2v) is 5.62. The van der Waals surface area contributed by atoms with Crippen molar-refractivity contribution in [3.8, 4) is 0 Å². The molecule has 0 aliphatic heterocycles. The summed E-state index contributed by atoms with van der Waals surface area (Å²) in [6.45, 7) is -0.673. The summed E-state index contributed by atoms with van der Waals surface area (Å²) < 4.78 is 70.6. The minimum atomic E-state index is -2.38. The van der Waals surface area contributed by atoms with Gasteiger partial charge in [-0.3, -0.25) is 0 Å². The molecule has 0 N–H and O–H groups in total. The maximum absolute atomic E-state index is 13.5. The molecule has 0 atom stereocenters. The smallest absolute Gasteiger partial charge is 0.344 e. The zero-order valence-electron chi connectivity index (χ0n) is 11.2. The number of esters is 1. The fourth-order valence-corrected chi connectivity index (χ4v) is 2.63. The van der Waals surface area contributed by atoms with Crippen molar-refractivity contribution in [1.29, 1.82) is 0 Å². The van der Waals surface area contributed by atoms with Crippen molar-refractivity contribution < 1.29 is 31.5 Å². The van der Waals surface area contributed by atoms with E-state index in [0.717, 1.165) is 0 Å². The molecule has 0 aliphatic carbocycles. The zero-order valence-corrected chi connectivity index (χ0v) is 13.5. The topological polar surface area (TPSA) is 26.3 Å². The second-order valence-electron chi connectivity index (χ2n) is 4.37. The molecule has 0 radical (unpaired) electrons. The van der Waals surface area contributed by atoms with Crippen LogP contribution in [-0.2, 0) is 11.3 Å². The Balaban J connectivity index is 2.33. The highest BCUT2D eigenvalue weighted by atomic mass is 35.5. The van der Waals surface area contributed by atoms with Gasteiger partial charge in [0.15, 0.2) is 23.3 Å². The predicted octanol–water partition coefficient (Wildman–Crippen LogP) is 5.70. The van der Waals surface area contributed by atoms with Gasteiger partial charge in [-0.2, -0.15) is 0 Å². The third-order valence-corrected chi connectivity index (χ3v) is 3.76. The predicted molar refractivity (Wildman–Crippen MR) is 76.8 cm³/mol. The Morgan fingerprint density at radius 2 is 1.25 bits per heavy atom. The van der Waals surface area contributed by atoms with Gasteiger partial charge in [0.25, 0.3) is 0 Å². The van der Waals surface area contributed by atoms with Gasteiger partial charge in [-0.05, 0) is 12.1 Å². The molecular weight excluding hydrogens is 402 g/mol. The summed E-state index contributed by atoms with van der Waals surface area (Å²) in [7, 11) is 0. The molecule has 2 nitrogen and oxygen atoms in total. The molecule has 0 aromatic heterocycles. The SMILES string of the molecule is O=C(OCc1c(Cl)cc(Cl)cc1Cl)c1c(F)c(F)c(F)c(F)c1F. The molecule has 2 aromatic carbocycles. The van der Waals surface area contributed by atoms with E-state index in [4.69, 9.17) is 34.8 Å². The van der Waals surface area contributed by atoms with Gasteiger partial charge in [0.2, 0.25) is 5.82 Å². The van der Waals surface area contributed by atoms with Gasteiger partial charge >= 0.3 is 5.97 Å². The van der Waals surface area contributed by atoms with Gasteiger partial charge < -0.3 is 4.74 Å². The first-order chi connectivity index (χ1) is 11.1. The Morgan fingerprint density at radius 1 is 0.833 bits per heavy atom. The number of benzene rings is 2. The fraction of sp³-hybridized carbons (Fsp3) is 0.0714. The summed E-state index contributed by atoms with van der Waals surface area (Å²) in [5, 5.41) is 0.148. The minimum absolute atomic E-state index is 0.0160. The maximum atomic E-state index is 13.5. The average molecular weight is 406 g/mol. The summed E-state index contributed by atoms with van der Waals surface area (Å²) in [6.07, 6.45) is 0. The molecule has 24 heavy (non-hydrogen) atoms. The summed E-state index contributed by atoms with van der Waals surface area (Å²) in [5.74, 6) is -13.3. The van der Waals surface area contributed by atoms with Crippen LogP contribution in [0.3, 0.4) is 0 Å². The summed E-state index contributed by atoms with van der Waals surface area (Å²) >= 11 is 17.3. The van der Waals surface area contributed by atoms with Gasteiger partial charge in [-0.25, -0.2) is 26.7 Å². The highest BCUT2D eigenvalue weighted by Crippen LogP contribution is 2.30. The Bertz CT molecular complexity index is 790. The van der Waals surface area contributed by atoms with E-state index in [9.17, 15) is 26.7 Å². The summed E-state index contributed by atoms with van der Waals surface area (Å²) in [4.78, 5) is 11.7. The van der Waals surface area contributed by atoms with E-state index >= 15 is 0 Å². The molecule has 0 saturated heterocycles. The Morgan fingerprint density at radius 3 is 1.71 bits per heavy atom. The number of hydrogen-bond acceptors (Lipinski definition) is 2. The number of halogens is 8. The molecule has 0 spiro atoms. The number of hydrogen-bond donors (Lipinski definition) is 0. The van der Waals surface area contributed by atoms with Gasteiger partial charge in [-0.15, -0.1) is 0 Å². The molecule has 10 heteroatoms. The van der Waals surface area contributed by atoms with E-state index in [1.165, 1.54) is 12.1 Å². The van der Waals surface area contributed by atoms with Crippen molar-refractivity contribution in [2.75, 3.05) is 0 Å². The van der Waals surface area contributed by atoms with Crippen LogP contribution in [0.2, 0.25) is 15.1 Å². The van der Waals surface area contributed by atoms with E-state index in [2.05, 4.69) is 4.74 Å². The van der Waals surface area contributed by atoms with Crippen LogP contribution in [0.1, 0.15) is 15.9 Å². The lowest BCUT2D eigenvalue weighted by atomic mass is 10.1. The second kappa shape index (κ2) is 7.13. The van der Waals surface area contributed by atoms with Crippen LogP contribution in [-0.4, -0.2) is 5.97 Å². The van der Waals surface area contributed by atoms with Crippen molar-refractivity contribution >= 4 is 40.8 Å². The van der Waals surface area contributed by atoms with Crippen LogP contribution in [0.5, 0.6) is 0 Å². The normalized spacial score (nSPS) is 10.8. The number of ether oxygens (including phenoxy) is 1. The third kappa shape index (κ3) is 3.43. The van der Waals surface area contributed by atoms with Gasteiger partial charge in [0.1, 0.15) is 12.2 Å². The largest absolute Gasteiger partial charge is 0.457 e. The first kappa shape index (κ1) is 18.8. The number of rotatable bonds is 3. The van der Waals surface area contributed by atoms with Crippen LogP contribution in [0.4, 0.5) is 22.0 Å². The molecule has 2 rings (SSSR count). The minimum Gasteiger partial charge on any atom is -0.457 e. The lowest BCUT2D eigenvalue weighted by Gasteiger charge is -2.11. The first-order valence-electron chi connectivity index (χ1n) is 5.97. The van der Waals surface area contributed by atoms with E-state index < -0.39 is 47.2 Å². The van der Waals surface area contributed by atoms with Crippen molar-refractivity contribution in [3.05, 3.63) is 67.4 Å². The maximum Gasteiger partial charge on any atom is 0.344 e. The first-order valence-corrected chi connectivity index (χ1v) is 7.10. The van der Waals surface area contributed by atoms with E-state index in [1.54, 1.807) is 0 Å². The summed E-state index contributed by atoms with van der Waals surface area (Å²) in [5.41, 5.74) is -1.67. The standard InChI is InChI=1S/C14H4Cl3F5O2/c15-4-1-6(16)5(7(17)2-4)3-24-14(23)8-9(18)11(20)13(22)12(21)10(8)19/h1-2H,3H2. The van der Waals surface area contributed by atoms with Crippen LogP contribution >= 0.6 is 34.8 Å². The van der Waals surface area contributed by atoms with Crippen molar-refractivity contribution in [2.45, 2.75) is 6.61 Å². The van der Waals surface area contributed by atoms with Gasteiger partial charge in [-0.1, -0.05) is 34.8 Å². The highest BCUT2D eigenvalue weighted by Gasteiger charge is 2.30. The van der Waals surface area contributed by atoms with Crippen molar-refractivity contribution in [3.63, 3.8) is 0 Å². The van der Waals surface area contributed by atoms with Crippen LogP contribution in [0, 0.1) is 29.1 Å². The van der Waals surface area contributed by atoms with Crippen molar-refractivity contribution in [2.24, 2.45) is 0 Å². The van der Waals surface area contributed by atoms with E-state index in [0.29, 0.717) is 0 Å². The van der Waals surface area contributed by atoms with E-state index in [-0.39, 0.29) is 20.6 Å². The van der Waals surface area contributed by atoms with Crippen LogP contribution in [0.25, 0.3) is 0 Å². The quantitative estimate of drug-likeness (QED) is 0.283. The summed E-state index contributed by atoms with van der Waals surface area (Å²) in [6, 6.07) is 2.52. The molecule has 0 aliphatic rings. The lowest BCUT2D eigenvalue weighted by Crippen LogP contribution is -2.15. The fourth-order valence-electron chi connectivity index (χ4n) is 1.70. The lowest BCUT2D eigenvalue weighted by molar-refractivity contribution is 0.0458. The Kier molecular flexibility index (Phi) is 5.57. The van der Waals surface area contributed by atoms with Gasteiger partial charge in [0.05, 0.1) is 10.0 Å². The average Bonchev–Trinajstić information content (AvgIpc) is 2.50. The molecule has 0 fully saturated rings. The van der Waals surface area contributed by atoms with Crippen LogP contribution in [0.15, 0.2) is 12.1 Å².